The number of ether oxygens (including phenoxy) is 4. The standard InChI is InChI=1S/C75H146O17P2/c1-8-10-11-12-13-14-23-29-35-44-51-58-74(79)92-71(63-86-73(78)57-50-43-38-37-41-48-55-68(7)9-2)65-90-94(83,84)88-61-69(76)60-87-93(81,82)89-64-70(62-85-72(77)56-49-42-34-31-26-28-33-40-47-54-67(5)6)91-75(80)59-52-45-36-30-25-22-20-18-16-15-17-19-21-24-27-32-39-46-53-66(3)4/h66-71,76H,8-65H2,1-7H3,(H,81,82)(H,83,84)/t68?,69-,70-,71-/m1/s1. The van der Waals surface area contributed by atoms with E-state index in [9.17, 15) is 43.2 Å². The Morgan fingerprint density at radius 1 is 0.309 bits per heavy atom. The first-order valence-electron chi connectivity index (χ1n) is 38.9. The molecule has 0 saturated carbocycles. The third kappa shape index (κ3) is 67.3. The quantitative estimate of drug-likeness (QED) is 0.0222. The summed E-state index contributed by atoms with van der Waals surface area (Å²) in [5.74, 6) is 0.174. The Hall–Kier alpha value is -1.94. The van der Waals surface area contributed by atoms with Gasteiger partial charge in [-0.05, 0) is 43.4 Å². The summed E-state index contributed by atoms with van der Waals surface area (Å²) in [7, 11) is -9.91. The molecule has 558 valence electrons. The molecule has 0 radical (unpaired) electrons. The van der Waals surface area contributed by atoms with Crippen LogP contribution in [0.5, 0.6) is 0 Å². The number of phosphoric ester groups is 2. The van der Waals surface area contributed by atoms with Crippen molar-refractivity contribution in [3.63, 3.8) is 0 Å². The first kappa shape index (κ1) is 92.1. The number of unbranched alkanes of at least 4 members (excludes halogenated alkanes) is 40. The van der Waals surface area contributed by atoms with Crippen molar-refractivity contribution in [2.75, 3.05) is 39.6 Å². The first-order chi connectivity index (χ1) is 45.3. The van der Waals surface area contributed by atoms with Gasteiger partial charge in [-0.25, -0.2) is 9.13 Å². The van der Waals surface area contributed by atoms with E-state index in [-0.39, 0.29) is 25.7 Å². The summed E-state index contributed by atoms with van der Waals surface area (Å²) in [4.78, 5) is 72.7. The Kier molecular flexibility index (Phi) is 64.3. The lowest BCUT2D eigenvalue weighted by atomic mass is 10.00. The molecule has 0 rings (SSSR count). The molecule has 0 fully saturated rings. The molecular weight excluding hydrogens is 1230 g/mol. The molecule has 0 aliphatic carbocycles. The summed E-state index contributed by atoms with van der Waals surface area (Å²) in [6, 6.07) is 0. The smallest absolute Gasteiger partial charge is 0.462 e. The maximum Gasteiger partial charge on any atom is 0.472 e. The fourth-order valence-electron chi connectivity index (χ4n) is 11.4. The highest BCUT2D eigenvalue weighted by Crippen LogP contribution is 2.45. The maximum absolute atomic E-state index is 13.1. The summed E-state index contributed by atoms with van der Waals surface area (Å²) in [6.07, 6.45) is 51.4. The Morgan fingerprint density at radius 3 is 0.809 bits per heavy atom. The molecule has 17 nitrogen and oxygen atoms in total. The van der Waals surface area contributed by atoms with E-state index in [0.717, 1.165) is 114 Å². The molecule has 94 heavy (non-hydrogen) atoms. The number of carbonyl (C=O) groups excluding carboxylic acids is 4. The number of hydrogen-bond donors (Lipinski definition) is 3. The predicted octanol–water partition coefficient (Wildman–Crippen LogP) is 21.8. The van der Waals surface area contributed by atoms with E-state index in [4.69, 9.17) is 37.0 Å². The SMILES string of the molecule is CCCCCCCCCCCCCC(=O)O[C@H](COC(=O)CCCCCCCCC(C)CC)COP(=O)(O)OC[C@H](O)COP(=O)(O)OC[C@@H](COC(=O)CCCCCCCCCCCC(C)C)OC(=O)CCCCCCCCCCCCCCCCCCCCC(C)C. The van der Waals surface area contributed by atoms with Crippen molar-refractivity contribution in [1.82, 2.24) is 0 Å². The van der Waals surface area contributed by atoms with Crippen LogP contribution in [0.1, 0.15) is 382 Å². The highest BCUT2D eigenvalue weighted by Gasteiger charge is 2.30. The number of phosphoric acid groups is 2. The van der Waals surface area contributed by atoms with Crippen LogP contribution in [-0.2, 0) is 65.4 Å². The van der Waals surface area contributed by atoms with Crippen LogP contribution >= 0.6 is 15.6 Å². The molecule has 3 unspecified atom stereocenters. The van der Waals surface area contributed by atoms with E-state index in [1.807, 2.05) is 0 Å². The Morgan fingerprint density at radius 2 is 0.543 bits per heavy atom. The third-order valence-corrected chi connectivity index (χ3v) is 19.6. The average molecular weight is 1380 g/mol. The molecule has 0 saturated heterocycles. The fraction of sp³-hybridized carbons (Fsp3) is 0.947. The van der Waals surface area contributed by atoms with Crippen molar-refractivity contribution in [1.29, 1.82) is 0 Å². The number of esters is 4. The zero-order valence-corrected chi connectivity index (χ0v) is 63.2. The van der Waals surface area contributed by atoms with Gasteiger partial charge in [0.05, 0.1) is 26.4 Å². The van der Waals surface area contributed by atoms with Crippen molar-refractivity contribution in [2.45, 2.75) is 401 Å². The average Bonchev–Trinajstić information content (AvgIpc) is 2.18. The minimum absolute atomic E-state index is 0.106. The van der Waals surface area contributed by atoms with Gasteiger partial charge in [-0.3, -0.25) is 37.3 Å². The number of hydrogen-bond acceptors (Lipinski definition) is 15. The molecule has 0 aromatic carbocycles. The molecule has 0 bridgehead atoms. The number of carbonyl (C=O) groups is 4. The first-order valence-corrected chi connectivity index (χ1v) is 41.9. The summed E-state index contributed by atoms with van der Waals surface area (Å²) in [6.45, 7) is 11.9. The lowest BCUT2D eigenvalue weighted by Crippen LogP contribution is -2.30. The van der Waals surface area contributed by atoms with Gasteiger partial charge in [0.2, 0.25) is 0 Å². The van der Waals surface area contributed by atoms with Gasteiger partial charge in [-0.1, -0.05) is 331 Å². The van der Waals surface area contributed by atoms with Crippen LogP contribution in [0, 0.1) is 17.8 Å². The van der Waals surface area contributed by atoms with Crippen molar-refractivity contribution in [3.8, 4) is 0 Å². The van der Waals surface area contributed by atoms with Gasteiger partial charge < -0.3 is 33.8 Å². The summed E-state index contributed by atoms with van der Waals surface area (Å²) < 4.78 is 68.4. The van der Waals surface area contributed by atoms with E-state index < -0.39 is 97.5 Å². The Labute approximate surface area is 575 Å². The van der Waals surface area contributed by atoms with Crippen molar-refractivity contribution < 1.29 is 80.2 Å². The highest BCUT2D eigenvalue weighted by molar-refractivity contribution is 7.47. The van der Waals surface area contributed by atoms with Crippen LogP contribution < -0.4 is 0 Å². The zero-order chi connectivity index (χ0) is 69.4. The lowest BCUT2D eigenvalue weighted by Gasteiger charge is -2.21. The van der Waals surface area contributed by atoms with Gasteiger partial charge in [-0.15, -0.1) is 0 Å². The van der Waals surface area contributed by atoms with Crippen LogP contribution in [0.4, 0.5) is 0 Å². The molecule has 0 heterocycles. The van der Waals surface area contributed by atoms with E-state index in [1.165, 1.54) is 186 Å². The van der Waals surface area contributed by atoms with E-state index in [1.54, 1.807) is 0 Å². The summed E-state index contributed by atoms with van der Waals surface area (Å²) in [5, 5.41) is 10.6. The van der Waals surface area contributed by atoms with Gasteiger partial charge in [0, 0.05) is 25.7 Å². The van der Waals surface area contributed by atoms with Crippen LogP contribution in [0.15, 0.2) is 0 Å². The largest absolute Gasteiger partial charge is 0.472 e. The van der Waals surface area contributed by atoms with Crippen LogP contribution in [-0.4, -0.2) is 96.7 Å². The van der Waals surface area contributed by atoms with E-state index >= 15 is 0 Å². The molecule has 19 heteroatoms. The maximum atomic E-state index is 13.1. The predicted molar refractivity (Wildman–Crippen MR) is 381 cm³/mol. The van der Waals surface area contributed by atoms with Crippen molar-refractivity contribution in [3.05, 3.63) is 0 Å². The van der Waals surface area contributed by atoms with Gasteiger partial charge in [0.15, 0.2) is 12.2 Å². The van der Waals surface area contributed by atoms with E-state index in [0.29, 0.717) is 25.7 Å². The second-order valence-corrected chi connectivity index (χ2v) is 31.1. The lowest BCUT2D eigenvalue weighted by molar-refractivity contribution is -0.161. The van der Waals surface area contributed by atoms with E-state index in [2.05, 4.69) is 48.5 Å². The second-order valence-electron chi connectivity index (χ2n) is 28.2. The molecule has 0 aromatic rings. The molecule has 3 N–H and O–H groups in total. The number of rotatable bonds is 73. The Bertz CT molecular complexity index is 1840. The second kappa shape index (κ2) is 65.7. The monoisotopic (exact) mass is 1380 g/mol. The topological polar surface area (TPSA) is 237 Å². The van der Waals surface area contributed by atoms with Crippen molar-refractivity contribution in [2.24, 2.45) is 17.8 Å². The van der Waals surface area contributed by atoms with Crippen molar-refractivity contribution >= 4 is 39.5 Å². The normalized spacial score (nSPS) is 14.4. The molecule has 0 amide bonds. The van der Waals surface area contributed by atoms with Gasteiger partial charge >= 0.3 is 39.5 Å². The molecule has 0 aliphatic heterocycles. The number of aliphatic hydroxyl groups excluding tert-OH is 1. The Balaban J connectivity index is 5.19. The van der Waals surface area contributed by atoms with Crippen LogP contribution in [0.25, 0.3) is 0 Å². The molecule has 6 atom stereocenters. The summed E-state index contributed by atoms with van der Waals surface area (Å²) in [5.41, 5.74) is 0. The molecule has 0 aromatic heterocycles. The zero-order valence-electron chi connectivity index (χ0n) is 61.4. The van der Waals surface area contributed by atoms with Crippen LogP contribution in [0.2, 0.25) is 0 Å². The molecule has 0 spiro atoms. The minimum atomic E-state index is -4.96. The van der Waals surface area contributed by atoms with Gasteiger partial charge in [0.25, 0.3) is 0 Å². The molecule has 0 aliphatic rings. The van der Waals surface area contributed by atoms with Gasteiger partial charge in [0.1, 0.15) is 19.3 Å². The number of aliphatic hydroxyl groups is 1. The molecular formula is C75H146O17P2. The highest BCUT2D eigenvalue weighted by atomic mass is 31.2. The fourth-order valence-corrected chi connectivity index (χ4v) is 13.0. The van der Waals surface area contributed by atoms with Crippen LogP contribution in [0.3, 0.4) is 0 Å². The minimum Gasteiger partial charge on any atom is -0.462 e. The summed E-state index contributed by atoms with van der Waals surface area (Å²) >= 11 is 0. The third-order valence-electron chi connectivity index (χ3n) is 17.7. The van der Waals surface area contributed by atoms with Gasteiger partial charge in [-0.2, -0.15) is 0 Å².